The molecular weight excluding hydrogens is 268 g/mol. The van der Waals surface area contributed by atoms with Crippen LogP contribution >= 0.6 is 0 Å². The van der Waals surface area contributed by atoms with Crippen LogP contribution in [0.25, 0.3) is 10.9 Å². The molecule has 0 atom stereocenters. The summed E-state index contributed by atoms with van der Waals surface area (Å²) < 4.78 is 4.95. The number of carbonyl (C=O) groups is 2. The number of aromatic nitrogens is 1. The normalized spacial score (nSPS) is 10.6. The molecule has 0 saturated heterocycles. The number of carbonyl (C=O) groups excluding carboxylic acids is 2. The number of ether oxygens (including phenoxy) is 1. The van der Waals surface area contributed by atoms with Gasteiger partial charge in [0, 0.05) is 23.0 Å². The molecule has 21 heavy (non-hydrogen) atoms. The van der Waals surface area contributed by atoms with Crippen LogP contribution in [-0.4, -0.2) is 30.0 Å². The van der Waals surface area contributed by atoms with Gasteiger partial charge in [-0.25, -0.2) is 4.79 Å². The van der Waals surface area contributed by atoms with Crippen molar-refractivity contribution in [2.45, 2.75) is 26.7 Å². The van der Waals surface area contributed by atoms with Crippen LogP contribution < -0.4 is 5.32 Å². The fourth-order valence-electron chi connectivity index (χ4n) is 2.07. The summed E-state index contributed by atoms with van der Waals surface area (Å²) in [5.41, 5.74) is 1.80. The Morgan fingerprint density at radius 2 is 2.05 bits per heavy atom. The maximum Gasteiger partial charge on any atom is 0.354 e. The maximum atomic E-state index is 12.0. The van der Waals surface area contributed by atoms with Crippen molar-refractivity contribution in [3.63, 3.8) is 0 Å². The van der Waals surface area contributed by atoms with Gasteiger partial charge < -0.3 is 15.0 Å². The van der Waals surface area contributed by atoms with Gasteiger partial charge in [0.25, 0.3) is 5.91 Å². The predicted octanol–water partition coefficient (Wildman–Crippen LogP) is 2.87. The van der Waals surface area contributed by atoms with Gasteiger partial charge in [0.15, 0.2) is 0 Å². The van der Waals surface area contributed by atoms with E-state index >= 15 is 0 Å². The van der Waals surface area contributed by atoms with Gasteiger partial charge in [-0.2, -0.15) is 0 Å². The van der Waals surface area contributed by atoms with Gasteiger partial charge in [-0.05, 0) is 37.6 Å². The Labute approximate surface area is 123 Å². The molecule has 0 radical (unpaired) electrons. The summed E-state index contributed by atoms with van der Waals surface area (Å²) >= 11 is 0. The molecule has 1 amide bonds. The lowest BCUT2D eigenvalue weighted by Gasteiger charge is -2.04. The first kappa shape index (κ1) is 15.1. The van der Waals surface area contributed by atoms with Crippen LogP contribution in [0.2, 0.25) is 0 Å². The Morgan fingerprint density at radius 1 is 1.24 bits per heavy atom. The molecule has 0 bridgehead atoms. The van der Waals surface area contributed by atoms with Crippen molar-refractivity contribution < 1.29 is 14.3 Å². The molecular formula is C16H20N2O3. The number of nitrogens with one attached hydrogen (secondary N) is 2. The fraction of sp³-hybridized carbons (Fsp3) is 0.375. The van der Waals surface area contributed by atoms with Gasteiger partial charge in [-0.3, -0.25) is 4.79 Å². The molecule has 2 rings (SSSR count). The second-order valence-electron chi connectivity index (χ2n) is 4.81. The van der Waals surface area contributed by atoms with E-state index in [1.54, 1.807) is 31.2 Å². The molecule has 0 fully saturated rings. The summed E-state index contributed by atoms with van der Waals surface area (Å²) in [5.74, 6) is -0.480. The lowest BCUT2D eigenvalue weighted by molar-refractivity contribution is 0.0520. The molecule has 1 aromatic heterocycles. The van der Waals surface area contributed by atoms with Crippen molar-refractivity contribution in [2.75, 3.05) is 13.2 Å². The summed E-state index contributed by atoms with van der Waals surface area (Å²) in [5, 5.41) is 3.69. The van der Waals surface area contributed by atoms with Crippen molar-refractivity contribution in [2.24, 2.45) is 0 Å². The Kier molecular flexibility index (Phi) is 4.98. The summed E-state index contributed by atoms with van der Waals surface area (Å²) in [6, 6.07) is 7.02. The summed E-state index contributed by atoms with van der Waals surface area (Å²) in [7, 11) is 0. The van der Waals surface area contributed by atoms with Crippen molar-refractivity contribution in [1.82, 2.24) is 10.3 Å². The van der Waals surface area contributed by atoms with Gasteiger partial charge in [0.1, 0.15) is 5.69 Å². The Morgan fingerprint density at radius 3 is 2.76 bits per heavy atom. The molecule has 0 unspecified atom stereocenters. The van der Waals surface area contributed by atoms with Crippen LogP contribution in [0.4, 0.5) is 0 Å². The standard InChI is InChI=1S/C16H20N2O3/c1-3-5-8-17-15(19)11-6-7-13-12(9-11)10-14(18-13)16(20)21-4-2/h6-7,9-10,18H,3-5,8H2,1-2H3,(H,17,19). The molecule has 0 aliphatic heterocycles. The minimum atomic E-state index is -0.386. The number of aromatic amines is 1. The Hall–Kier alpha value is -2.30. The largest absolute Gasteiger partial charge is 0.461 e. The number of amides is 1. The monoisotopic (exact) mass is 288 g/mol. The molecule has 5 heteroatoms. The lowest BCUT2D eigenvalue weighted by Crippen LogP contribution is -2.24. The quantitative estimate of drug-likeness (QED) is 0.634. The van der Waals surface area contributed by atoms with E-state index in [-0.39, 0.29) is 11.9 Å². The molecule has 112 valence electrons. The van der Waals surface area contributed by atoms with Crippen LogP contribution in [0.1, 0.15) is 47.5 Å². The Balaban J connectivity index is 2.17. The highest BCUT2D eigenvalue weighted by Crippen LogP contribution is 2.18. The van der Waals surface area contributed by atoms with Gasteiger partial charge in [-0.15, -0.1) is 0 Å². The van der Waals surface area contributed by atoms with Crippen molar-refractivity contribution in [1.29, 1.82) is 0 Å². The first-order chi connectivity index (χ1) is 10.2. The van der Waals surface area contributed by atoms with Gasteiger partial charge in [-0.1, -0.05) is 13.3 Å². The molecule has 1 aromatic carbocycles. The summed E-state index contributed by atoms with van der Waals surface area (Å²) in [6.45, 7) is 4.85. The number of fused-ring (bicyclic) bond motifs is 1. The van der Waals surface area contributed by atoms with Gasteiger partial charge in [0.05, 0.1) is 6.61 Å². The number of benzene rings is 1. The molecule has 5 nitrogen and oxygen atoms in total. The molecule has 0 aliphatic rings. The van der Waals surface area contributed by atoms with Crippen molar-refractivity contribution in [3.8, 4) is 0 Å². The third-order valence-corrected chi connectivity index (χ3v) is 3.19. The molecule has 1 heterocycles. The zero-order chi connectivity index (χ0) is 15.2. The number of unbranched alkanes of at least 4 members (excludes halogenated alkanes) is 1. The maximum absolute atomic E-state index is 12.0. The Bertz CT molecular complexity index is 646. The highest BCUT2D eigenvalue weighted by molar-refractivity contribution is 6.00. The molecule has 0 aliphatic carbocycles. The fourth-order valence-corrected chi connectivity index (χ4v) is 2.07. The van der Waals surface area contributed by atoms with E-state index in [1.165, 1.54) is 0 Å². The topological polar surface area (TPSA) is 71.2 Å². The number of rotatable bonds is 6. The van der Waals surface area contributed by atoms with E-state index in [1.807, 2.05) is 0 Å². The van der Waals surface area contributed by atoms with Gasteiger partial charge in [0.2, 0.25) is 0 Å². The van der Waals surface area contributed by atoms with Crippen molar-refractivity contribution >= 4 is 22.8 Å². The third kappa shape index (κ3) is 3.62. The minimum Gasteiger partial charge on any atom is -0.461 e. The smallest absolute Gasteiger partial charge is 0.354 e. The van der Waals surface area contributed by atoms with E-state index in [2.05, 4.69) is 17.2 Å². The SMILES string of the molecule is CCCCNC(=O)c1ccc2[nH]c(C(=O)OCC)cc2c1. The van der Waals surface area contributed by atoms with E-state index in [0.717, 1.165) is 23.7 Å². The number of H-pyrrole nitrogens is 1. The zero-order valence-electron chi connectivity index (χ0n) is 12.4. The highest BCUT2D eigenvalue weighted by Gasteiger charge is 2.12. The first-order valence-corrected chi connectivity index (χ1v) is 7.23. The second-order valence-corrected chi connectivity index (χ2v) is 4.81. The first-order valence-electron chi connectivity index (χ1n) is 7.23. The number of esters is 1. The third-order valence-electron chi connectivity index (χ3n) is 3.19. The van der Waals surface area contributed by atoms with Crippen LogP contribution in [0, 0.1) is 0 Å². The highest BCUT2D eigenvalue weighted by atomic mass is 16.5. The van der Waals surface area contributed by atoms with Crippen LogP contribution in [0.5, 0.6) is 0 Å². The number of hydrogen-bond acceptors (Lipinski definition) is 3. The van der Waals surface area contributed by atoms with Crippen LogP contribution in [0.3, 0.4) is 0 Å². The molecule has 2 N–H and O–H groups in total. The second kappa shape index (κ2) is 6.92. The van der Waals surface area contributed by atoms with E-state index in [4.69, 9.17) is 4.74 Å². The average Bonchev–Trinajstić information content (AvgIpc) is 2.90. The molecule has 0 spiro atoms. The van der Waals surface area contributed by atoms with Gasteiger partial charge >= 0.3 is 5.97 Å². The molecule has 2 aromatic rings. The summed E-state index contributed by atoms with van der Waals surface area (Å²) in [6.07, 6.45) is 2.01. The average molecular weight is 288 g/mol. The number of hydrogen-bond donors (Lipinski definition) is 2. The van der Waals surface area contributed by atoms with E-state index in [9.17, 15) is 9.59 Å². The predicted molar refractivity (Wildman–Crippen MR) is 81.5 cm³/mol. The van der Waals surface area contributed by atoms with E-state index in [0.29, 0.717) is 24.4 Å². The zero-order valence-corrected chi connectivity index (χ0v) is 12.4. The van der Waals surface area contributed by atoms with E-state index < -0.39 is 0 Å². The molecule has 0 saturated carbocycles. The van der Waals surface area contributed by atoms with Crippen molar-refractivity contribution in [3.05, 3.63) is 35.5 Å². The minimum absolute atomic E-state index is 0.0933. The summed E-state index contributed by atoms with van der Waals surface area (Å²) in [4.78, 5) is 26.7. The van der Waals surface area contributed by atoms with Crippen LogP contribution in [0.15, 0.2) is 24.3 Å². The lowest BCUT2D eigenvalue weighted by atomic mass is 10.1. The van der Waals surface area contributed by atoms with Crippen LogP contribution in [-0.2, 0) is 4.74 Å².